The normalized spacial score (nSPS) is 11.4. The van der Waals surface area contributed by atoms with Crippen LogP contribution in [0.15, 0.2) is 24.3 Å². The van der Waals surface area contributed by atoms with Crippen LogP contribution in [0.4, 0.5) is 13.2 Å². The molecule has 5 nitrogen and oxygen atoms in total. The number of hydrogen-bond donors (Lipinski definition) is 1. The number of para-hydroxylation sites is 1. The van der Waals surface area contributed by atoms with Crippen molar-refractivity contribution in [1.82, 2.24) is 4.98 Å². The van der Waals surface area contributed by atoms with Gasteiger partial charge in [0.05, 0.1) is 7.11 Å². The summed E-state index contributed by atoms with van der Waals surface area (Å²) in [6, 6.07) is 5.50. The summed E-state index contributed by atoms with van der Waals surface area (Å²) >= 11 is 0. The SMILES string of the molecule is COc1cc(C(=O)O)nc2c(OCC(F)(F)F)cccc12. The van der Waals surface area contributed by atoms with Crippen molar-refractivity contribution in [2.45, 2.75) is 6.18 Å². The zero-order chi connectivity index (χ0) is 15.6. The van der Waals surface area contributed by atoms with Gasteiger partial charge in [0.2, 0.25) is 0 Å². The Hall–Kier alpha value is -2.51. The standard InChI is InChI=1S/C13H10F3NO4/c1-20-10-5-8(12(18)19)17-11-7(10)3-2-4-9(11)21-6-13(14,15)16/h2-5H,6H2,1H3,(H,18,19). The van der Waals surface area contributed by atoms with E-state index in [4.69, 9.17) is 9.84 Å². The summed E-state index contributed by atoms with van der Waals surface area (Å²) in [5, 5.41) is 9.34. The van der Waals surface area contributed by atoms with Gasteiger partial charge in [0.25, 0.3) is 0 Å². The minimum absolute atomic E-state index is 0.00139. The summed E-state index contributed by atoms with van der Waals surface area (Å²) in [7, 11) is 1.32. The lowest BCUT2D eigenvalue weighted by atomic mass is 10.1. The van der Waals surface area contributed by atoms with Gasteiger partial charge in [0.1, 0.15) is 17.0 Å². The number of alkyl halides is 3. The molecule has 0 fully saturated rings. The number of benzene rings is 1. The van der Waals surface area contributed by atoms with Crippen LogP contribution >= 0.6 is 0 Å². The number of methoxy groups -OCH3 is 1. The maximum absolute atomic E-state index is 12.2. The fourth-order valence-electron chi connectivity index (χ4n) is 1.75. The number of fused-ring (bicyclic) bond motifs is 1. The molecule has 112 valence electrons. The molecule has 0 unspecified atom stereocenters. The second kappa shape index (κ2) is 5.47. The summed E-state index contributed by atoms with van der Waals surface area (Å²) in [6.45, 7) is -1.49. The zero-order valence-electron chi connectivity index (χ0n) is 10.8. The zero-order valence-corrected chi connectivity index (χ0v) is 10.8. The molecule has 0 saturated heterocycles. The number of carboxylic acids is 1. The molecule has 1 aromatic heterocycles. The number of carbonyl (C=O) groups is 1. The number of nitrogens with zero attached hydrogens (tertiary/aromatic N) is 1. The Labute approximate surface area is 116 Å². The lowest BCUT2D eigenvalue weighted by Gasteiger charge is -2.12. The monoisotopic (exact) mass is 301 g/mol. The first-order valence-electron chi connectivity index (χ1n) is 5.72. The van der Waals surface area contributed by atoms with E-state index in [0.29, 0.717) is 5.39 Å². The summed E-state index contributed by atoms with van der Waals surface area (Å²) in [5.74, 6) is -1.29. The molecule has 0 aliphatic carbocycles. The highest BCUT2D eigenvalue weighted by atomic mass is 19.4. The lowest BCUT2D eigenvalue weighted by Crippen LogP contribution is -2.19. The van der Waals surface area contributed by atoms with Crippen LogP contribution < -0.4 is 9.47 Å². The number of pyridine rings is 1. The Morgan fingerprint density at radius 1 is 1.33 bits per heavy atom. The third-order valence-corrected chi connectivity index (χ3v) is 2.59. The molecule has 2 rings (SSSR count). The van der Waals surface area contributed by atoms with E-state index in [1.807, 2.05) is 0 Å². The van der Waals surface area contributed by atoms with Crippen LogP contribution in [0.5, 0.6) is 11.5 Å². The smallest absolute Gasteiger partial charge is 0.422 e. The maximum Gasteiger partial charge on any atom is 0.422 e. The Kier molecular flexibility index (Phi) is 3.88. The van der Waals surface area contributed by atoms with E-state index in [2.05, 4.69) is 9.72 Å². The van der Waals surface area contributed by atoms with E-state index in [1.54, 1.807) is 6.07 Å². The van der Waals surface area contributed by atoms with Gasteiger partial charge in [-0.05, 0) is 12.1 Å². The van der Waals surface area contributed by atoms with Gasteiger partial charge in [-0.1, -0.05) is 6.07 Å². The molecular weight excluding hydrogens is 291 g/mol. The first-order chi connectivity index (χ1) is 9.81. The van der Waals surface area contributed by atoms with Crippen molar-refractivity contribution in [2.75, 3.05) is 13.7 Å². The van der Waals surface area contributed by atoms with Crippen LogP contribution in [-0.4, -0.2) is 36.0 Å². The number of ether oxygens (including phenoxy) is 2. The van der Waals surface area contributed by atoms with Crippen LogP contribution in [0.2, 0.25) is 0 Å². The number of rotatable bonds is 4. The number of aromatic nitrogens is 1. The van der Waals surface area contributed by atoms with Gasteiger partial charge in [-0.15, -0.1) is 0 Å². The molecule has 0 radical (unpaired) electrons. The third-order valence-electron chi connectivity index (χ3n) is 2.59. The second-order valence-electron chi connectivity index (χ2n) is 4.07. The fourth-order valence-corrected chi connectivity index (χ4v) is 1.75. The predicted octanol–water partition coefficient (Wildman–Crippen LogP) is 2.88. The summed E-state index contributed by atoms with van der Waals surface area (Å²) in [5.41, 5.74) is -0.346. The highest BCUT2D eigenvalue weighted by Crippen LogP contribution is 2.32. The minimum atomic E-state index is -4.50. The van der Waals surface area contributed by atoms with Crippen LogP contribution in [-0.2, 0) is 0 Å². The van der Waals surface area contributed by atoms with Crippen LogP contribution in [0.3, 0.4) is 0 Å². The van der Waals surface area contributed by atoms with Gasteiger partial charge < -0.3 is 14.6 Å². The third kappa shape index (κ3) is 3.33. The molecule has 1 aromatic carbocycles. The molecule has 21 heavy (non-hydrogen) atoms. The van der Waals surface area contributed by atoms with Crippen LogP contribution in [0.25, 0.3) is 10.9 Å². The predicted molar refractivity (Wildman–Crippen MR) is 66.8 cm³/mol. The largest absolute Gasteiger partial charge is 0.496 e. The van der Waals surface area contributed by atoms with E-state index < -0.39 is 18.8 Å². The first-order valence-corrected chi connectivity index (χ1v) is 5.72. The molecule has 0 spiro atoms. The highest BCUT2D eigenvalue weighted by molar-refractivity contribution is 5.95. The van der Waals surface area contributed by atoms with Crippen molar-refractivity contribution in [3.63, 3.8) is 0 Å². The first kappa shape index (κ1) is 14.9. The summed E-state index contributed by atoms with van der Waals surface area (Å²) in [4.78, 5) is 14.8. The molecular formula is C13H10F3NO4. The van der Waals surface area contributed by atoms with Gasteiger partial charge in [-0.3, -0.25) is 0 Å². The van der Waals surface area contributed by atoms with Crippen molar-refractivity contribution in [1.29, 1.82) is 0 Å². The Morgan fingerprint density at radius 3 is 2.62 bits per heavy atom. The van der Waals surface area contributed by atoms with Crippen molar-refractivity contribution >= 4 is 16.9 Å². The van der Waals surface area contributed by atoms with Crippen molar-refractivity contribution in [3.8, 4) is 11.5 Å². The quantitative estimate of drug-likeness (QED) is 0.940. The van der Waals surface area contributed by atoms with Gasteiger partial charge in [0.15, 0.2) is 12.3 Å². The Bertz CT molecular complexity index is 685. The molecule has 1 heterocycles. The second-order valence-corrected chi connectivity index (χ2v) is 4.07. The topological polar surface area (TPSA) is 68.7 Å². The Morgan fingerprint density at radius 2 is 2.05 bits per heavy atom. The summed E-state index contributed by atoms with van der Waals surface area (Å²) < 4.78 is 46.4. The van der Waals surface area contributed by atoms with Gasteiger partial charge in [-0.2, -0.15) is 13.2 Å². The molecule has 0 saturated carbocycles. The Balaban J connectivity index is 2.56. The van der Waals surface area contributed by atoms with Gasteiger partial charge in [0, 0.05) is 11.5 Å². The van der Waals surface area contributed by atoms with Crippen molar-refractivity contribution in [2.24, 2.45) is 0 Å². The molecule has 0 atom stereocenters. The highest BCUT2D eigenvalue weighted by Gasteiger charge is 2.29. The molecule has 1 N–H and O–H groups in total. The molecule has 8 heteroatoms. The molecule has 0 aliphatic heterocycles. The lowest BCUT2D eigenvalue weighted by molar-refractivity contribution is -0.153. The minimum Gasteiger partial charge on any atom is -0.496 e. The van der Waals surface area contributed by atoms with Crippen LogP contribution in [0, 0.1) is 0 Å². The van der Waals surface area contributed by atoms with Gasteiger partial charge >= 0.3 is 12.1 Å². The average molecular weight is 301 g/mol. The van der Waals surface area contributed by atoms with Crippen molar-refractivity contribution in [3.05, 3.63) is 30.0 Å². The van der Waals surface area contributed by atoms with E-state index in [1.165, 1.54) is 25.3 Å². The molecule has 0 bridgehead atoms. The van der Waals surface area contributed by atoms with Crippen molar-refractivity contribution < 1.29 is 32.5 Å². The molecule has 2 aromatic rings. The molecule has 0 aliphatic rings. The summed E-state index contributed by atoms with van der Waals surface area (Å²) in [6.07, 6.45) is -4.50. The van der Waals surface area contributed by atoms with Gasteiger partial charge in [-0.25, -0.2) is 9.78 Å². The number of aromatic carboxylic acids is 1. The van der Waals surface area contributed by atoms with Crippen LogP contribution in [0.1, 0.15) is 10.5 Å². The fraction of sp³-hybridized carbons (Fsp3) is 0.231. The van der Waals surface area contributed by atoms with E-state index in [9.17, 15) is 18.0 Å². The van der Waals surface area contributed by atoms with E-state index in [0.717, 1.165) is 0 Å². The molecule has 0 amide bonds. The van der Waals surface area contributed by atoms with E-state index >= 15 is 0 Å². The van der Waals surface area contributed by atoms with E-state index in [-0.39, 0.29) is 22.7 Å². The number of hydrogen-bond acceptors (Lipinski definition) is 4. The number of halogens is 3. The maximum atomic E-state index is 12.2. The average Bonchev–Trinajstić information content (AvgIpc) is 2.42. The number of carboxylic acid groups (broad SMARTS) is 1.